The summed E-state index contributed by atoms with van der Waals surface area (Å²) in [7, 11) is 1.62. The number of phosphoric ester groups is 1. The number of hydrogen-bond donors (Lipinski definition) is 3. The second-order valence-corrected chi connectivity index (χ2v) is 21.8. The van der Waals surface area contributed by atoms with Gasteiger partial charge in [-0.3, -0.25) is 13.8 Å². The van der Waals surface area contributed by atoms with Crippen LogP contribution in [-0.4, -0.2) is 73.4 Å². The topological polar surface area (TPSA) is 105 Å². The van der Waals surface area contributed by atoms with Crippen molar-refractivity contribution in [1.29, 1.82) is 0 Å². The van der Waals surface area contributed by atoms with Gasteiger partial charge >= 0.3 is 7.82 Å². The average Bonchev–Trinajstić information content (AvgIpc) is 3.23. The van der Waals surface area contributed by atoms with E-state index < -0.39 is 20.0 Å². The number of nitrogens with one attached hydrogen (secondary N) is 1. The average molecular weight is 902 g/mol. The summed E-state index contributed by atoms with van der Waals surface area (Å²) in [4.78, 5) is 22.9. The molecule has 0 aromatic carbocycles. The molecule has 0 radical (unpaired) electrons. The minimum Gasteiger partial charge on any atom is -0.391 e. The number of aliphatic hydroxyl groups is 1. The molecule has 0 bridgehead atoms. The molecular formula is C53H110N2O6P+. The first kappa shape index (κ1) is 61.5. The summed E-state index contributed by atoms with van der Waals surface area (Å²) in [6, 6.07) is -0.750. The maximum atomic E-state index is 12.8. The van der Waals surface area contributed by atoms with E-state index in [-0.39, 0.29) is 19.1 Å². The minimum atomic E-state index is -4.29. The Kier molecular flexibility index (Phi) is 45.3. The number of amides is 1. The number of rotatable bonds is 51. The lowest BCUT2D eigenvalue weighted by Gasteiger charge is -2.26. The summed E-state index contributed by atoms with van der Waals surface area (Å²) >= 11 is 0. The zero-order chi connectivity index (χ0) is 45.7. The molecule has 3 N–H and O–H groups in total. The predicted molar refractivity (Wildman–Crippen MR) is 268 cm³/mol. The second-order valence-electron chi connectivity index (χ2n) is 20.3. The van der Waals surface area contributed by atoms with Gasteiger partial charge in [0.1, 0.15) is 13.2 Å². The van der Waals surface area contributed by atoms with Crippen molar-refractivity contribution in [3.63, 3.8) is 0 Å². The molecule has 0 aromatic heterocycles. The van der Waals surface area contributed by atoms with Crippen molar-refractivity contribution in [3.05, 3.63) is 0 Å². The highest BCUT2D eigenvalue weighted by Gasteiger charge is 2.28. The number of nitrogens with zero attached hydrogens (tertiary/aromatic N) is 1. The summed E-state index contributed by atoms with van der Waals surface area (Å²) in [6.07, 6.45) is 54.0. The lowest BCUT2D eigenvalue weighted by molar-refractivity contribution is -0.870. The normalized spacial score (nSPS) is 14.0. The first-order valence-electron chi connectivity index (χ1n) is 27.4. The zero-order valence-corrected chi connectivity index (χ0v) is 43.3. The molecule has 0 rings (SSSR count). The van der Waals surface area contributed by atoms with E-state index in [1.807, 2.05) is 21.1 Å². The van der Waals surface area contributed by atoms with Crippen molar-refractivity contribution >= 4 is 13.7 Å². The highest BCUT2D eigenvalue weighted by molar-refractivity contribution is 7.47. The summed E-state index contributed by atoms with van der Waals surface area (Å²) in [6.45, 7) is 4.80. The van der Waals surface area contributed by atoms with Crippen LogP contribution in [-0.2, 0) is 18.4 Å². The van der Waals surface area contributed by atoms with Gasteiger partial charge in [0, 0.05) is 6.42 Å². The van der Waals surface area contributed by atoms with E-state index in [9.17, 15) is 19.4 Å². The van der Waals surface area contributed by atoms with Gasteiger partial charge in [-0.15, -0.1) is 0 Å². The van der Waals surface area contributed by atoms with Crippen LogP contribution in [0.25, 0.3) is 0 Å². The first-order valence-corrected chi connectivity index (χ1v) is 28.9. The van der Waals surface area contributed by atoms with E-state index in [1.54, 1.807) is 0 Å². The first-order chi connectivity index (χ1) is 30.0. The van der Waals surface area contributed by atoms with Gasteiger partial charge in [-0.25, -0.2) is 4.57 Å². The summed E-state index contributed by atoms with van der Waals surface area (Å²) in [5, 5.41) is 13.7. The van der Waals surface area contributed by atoms with Crippen molar-refractivity contribution < 1.29 is 32.9 Å². The molecule has 3 unspecified atom stereocenters. The number of phosphoric acid groups is 1. The van der Waals surface area contributed by atoms with Crippen LogP contribution in [0.2, 0.25) is 0 Å². The van der Waals surface area contributed by atoms with E-state index in [1.165, 1.54) is 212 Å². The Balaban J connectivity index is 3.62. The second kappa shape index (κ2) is 45.6. The molecule has 0 spiro atoms. The van der Waals surface area contributed by atoms with Crippen molar-refractivity contribution in [2.45, 2.75) is 296 Å². The Morgan fingerprint density at radius 1 is 0.484 bits per heavy atom. The van der Waals surface area contributed by atoms with Crippen LogP contribution in [0.1, 0.15) is 284 Å². The molecule has 8 nitrogen and oxygen atoms in total. The molecule has 0 heterocycles. The van der Waals surface area contributed by atoms with Crippen LogP contribution < -0.4 is 5.32 Å². The van der Waals surface area contributed by atoms with E-state index >= 15 is 0 Å². The lowest BCUT2D eigenvalue weighted by atomic mass is 10.0. The van der Waals surface area contributed by atoms with E-state index in [4.69, 9.17) is 9.05 Å². The van der Waals surface area contributed by atoms with E-state index in [2.05, 4.69) is 19.2 Å². The van der Waals surface area contributed by atoms with Crippen LogP contribution in [0.15, 0.2) is 0 Å². The van der Waals surface area contributed by atoms with Crippen molar-refractivity contribution in [3.8, 4) is 0 Å². The molecule has 372 valence electrons. The molecule has 0 aromatic rings. The SMILES string of the molecule is CCCCCCCCCCCCCCCCCCCCCCCCCCCCCCCCCCCCCCC(=O)NC(COP(=O)(O)OCC[N+](C)(C)C)C(O)CCCCCC. The highest BCUT2D eigenvalue weighted by atomic mass is 31.2. The third kappa shape index (κ3) is 47.5. The van der Waals surface area contributed by atoms with Gasteiger partial charge in [-0.1, -0.05) is 264 Å². The van der Waals surface area contributed by atoms with Crippen LogP contribution in [0.3, 0.4) is 0 Å². The molecular weight excluding hydrogens is 792 g/mol. The minimum absolute atomic E-state index is 0.0770. The van der Waals surface area contributed by atoms with Crippen molar-refractivity contribution in [2.75, 3.05) is 40.9 Å². The number of hydrogen-bond acceptors (Lipinski definition) is 5. The number of quaternary nitrogens is 1. The Bertz CT molecular complexity index is 978. The van der Waals surface area contributed by atoms with Gasteiger partial charge in [-0.2, -0.15) is 0 Å². The molecule has 3 atom stereocenters. The highest BCUT2D eigenvalue weighted by Crippen LogP contribution is 2.43. The van der Waals surface area contributed by atoms with Gasteiger partial charge in [0.05, 0.1) is 39.9 Å². The Morgan fingerprint density at radius 2 is 0.774 bits per heavy atom. The van der Waals surface area contributed by atoms with Crippen molar-refractivity contribution in [2.24, 2.45) is 0 Å². The quantitative estimate of drug-likeness (QED) is 0.0319. The zero-order valence-electron chi connectivity index (χ0n) is 42.4. The maximum Gasteiger partial charge on any atom is 0.472 e. The van der Waals surface area contributed by atoms with Crippen LogP contribution in [0.5, 0.6) is 0 Å². The third-order valence-electron chi connectivity index (χ3n) is 12.9. The van der Waals surface area contributed by atoms with Gasteiger partial charge in [0.25, 0.3) is 0 Å². The van der Waals surface area contributed by atoms with Crippen LogP contribution in [0.4, 0.5) is 0 Å². The smallest absolute Gasteiger partial charge is 0.391 e. The molecule has 62 heavy (non-hydrogen) atoms. The molecule has 0 saturated carbocycles. The monoisotopic (exact) mass is 902 g/mol. The van der Waals surface area contributed by atoms with Crippen LogP contribution in [0, 0.1) is 0 Å². The summed E-state index contributed by atoms with van der Waals surface area (Å²) in [5.41, 5.74) is 0. The molecule has 0 saturated heterocycles. The Labute approximate surface area is 387 Å². The fraction of sp³-hybridized carbons (Fsp3) is 0.981. The number of carbonyl (C=O) groups is 1. The van der Waals surface area contributed by atoms with Gasteiger partial charge in [0.15, 0.2) is 0 Å². The lowest BCUT2D eigenvalue weighted by Crippen LogP contribution is -2.46. The number of carbonyl (C=O) groups excluding carboxylic acids is 1. The number of aliphatic hydroxyl groups excluding tert-OH is 1. The van der Waals surface area contributed by atoms with Crippen LogP contribution >= 0.6 is 7.82 Å². The van der Waals surface area contributed by atoms with Crippen molar-refractivity contribution in [1.82, 2.24) is 5.32 Å². The fourth-order valence-electron chi connectivity index (χ4n) is 8.52. The van der Waals surface area contributed by atoms with Gasteiger partial charge in [0.2, 0.25) is 5.91 Å². The third-order valence-corrected chi connectivity index (χ3v) is 13.8. The summed E-state index contributed by atoms with van der Waals surface area (Å²) in [5.74, 6) is -0.147. The van der Waals surface area contributed by atoms with E-state index in [0.717, 1.165) is 44.9 Å². The largest absolute Gasteiger partial charge is 0.472 e. The number of likely N-dealkylation sites (N-methyl/N-ethyl adjacent to an activating group) is 1. The molecule has 0 aliphatic heterocycles. The molecule has 0 fully saturated rings. The standard InChI is InChI=1S/C53H109N2O6P/c1-6-8-10-12-13-14-15-16-17-18-19-20-21-22-23-24-25-26-27-28-29-30-31-32-33-34-35-36-37-38-39-40-41-42-43-45-47-53(57)54-51(52(56)46-44-11-9-7-2)50-61-62(58,59)60-49-48-55(3,4)5/h51-52,56H,6-50H2,1-5H3,(H-,54,57,58,59)/p+1. The Morgan fingerprint density at radius 3 is 1.08 bits per heavy atom. The predicted octanol–water partition coefficient (Wildman–Crippen LogP) is 16.1. The maximum absolute atomic E-state index is 12.8. The van der Waals surface area contributed by atoms with Gasteiger partial charge < -0.3 is 19.8 Å². The van der Waals surface area contributed by atoms with E-state index in [0.29, 0.717) is 23.9 Å². The van der Waals surface area contributed by atoms with Gasteiger partial charge in [-0.05, 0) is 12.8 Å². The number of unbranched alkanes of at least 4 members (excludes halogenated alkanes) is 38. The summed E-state index contributed by atoms with van der Waals surface area (Å²) < 4.78 is 23.4. The molecule has 0 aliphatic carbocycles. The fourth-order valence-corrected chi connectivity index (χ4v) is 9.26. The Hall–Kier alpha value is -0.500. The molecule has 9 heteroatoms. The molecule has 1 amide bonds. The molecule has 0 aliphatic rings.